The summed E-state index contributed by atoms with van der Waals surface area (Å²) in [5, 5.41) is 11.6. The van der Waals surface area contributed by atoms with Crippen LogP contribution in [0.25, 0.3) is 0 Å². The minimum Gasteiger partial charge on any atom is -0.497 e. The van der Waals surface area contributed by atoms with Crippen molar-refractivity contribution in [2.45, 2.75) is 0 Å². The van der Waals surface area contributed by atoms with E-state index in [9.17, 15) is 4.79 Å². The Morgan fingerprint density at radius 2 is 1.83 bits per heavy atom. The Labute approximate surface area is 134 Å². The van der Waals surface area contributed by atoms with E-state index in [4.69, 9.17) is 19.5 Å². The zero-order chi connectivity index (χ0) is 16.7. The van der Waals surface area contributed by atoms with Gasteiger partial charge < -0.3 is 19.5 Å². The second kappa shape index (κ2) is 7.71. The molecular formula is C17H16N2O4. The number of nitriles is 1. The molecule has 0 aliphatic carbocycles. The maximum atomic E-state index is 11.9. The number of nitrogens with zero attached hydrogens (tertiary/aromatic N) is 1. The van der Waals surface area contributed by atoms with Gasteiger partial charge in [-0.05, 0) is 36.4 Å². The monoisotopic (exact) mass is 312 g/mol. The van der Waals surface area contributed by atoms with Gasteiger partial charge in [0.2, 0.25) is 0 Å². The Hall–Kier alpha value is -3.20. The van der Waals surface area contributed by atoms with E-state index in [1.807, 2.05) is 6.07 Å². The summed E-state index contributed by atoms with van der Waals surface area (Å²) in [5.41, 5.74) is 1.10. The average Bonchev–Trinajstić information content (AvgIpc) is 2.60. The zero-order valence-electron chi connectivity index (χ0n) is 12.8. The molecule has 2 aromatic rings. The molecule has 1 amide bonds. The van der Waals surface area contributed by atoms with Crippen molar-refractivity contribution < 1.29 is 19.0 Å². The van der Waals surface area contributed by atoms with Gasteiger partial charge >= 0.3 is 0 Å². The minimum absolute atomic E-state index is 0.172. The molecule has 0 fully saturated rings. The fourth-order valence-electron chi connectivity index (χ4n) is 1.87. The molecule has 2 aromatic carbocycles. The molecule has 6 heteroatoms. The average molecular weight is 312 g/mol. The van der Waals surface area contributed by atoms with Gasteiger partial charge in [-0.15, -0.1) is 0 Å². The molecule has 0 aliphatic rings. The van der Waals surface area contributed by atoms with Crippen LogP contribution in [0.3, 0.4) is 0 Å². The maximum Gasteiger partial charge on any atom is 0.262 e. The summed E-state index contributed by atoms with van der Waals surface area (Å²) >= 11 is 0. The Bertz CT molecular complexity index is 720. The van der Waals surface area contributed by atoms with Crippen LogP contribution >= 0.6 is 0 Å². The molecule has 0 bridgehead atoms. The lowest BCUT2D eigenvalue weighted by atomic mass is 10.2. The number of rotatable bonds is 6. The smallest absolute Gasteiger partial charge is 0.262 e. The molecule has 0 saturated heterocycles. The lowest BCUT2D eigenvalue weighted by molar-refractivity contribution is -0.118. The standard InChI is InChI=1S/C17H16N2O4/c1-21-14-6-4-13(5-7-14)19-17(20)11-23-15-8-3-12(10-18)9-16(15)22-2/h3-9H,11H2,1-2H3,(H,19,20). The van der Waals surface area contributed by atoms with Crippen LogP contribution in [0.1, 0.15) is 5.56 Å². The predicted molar refractivity (Wildman–Crippen MR) is 84.8 cm³/mol. The number of hydrogen-bond donors (Lipinski definition) is 1. The van der Waals surface area contributed by atoms with Gasteiger partial charge in [-0.25, -0.2) is 0 Å². The first-order chi connectivity index (χ1) is 11.2. The minimum atomic E-state index is -0.304. The van der Waals surface area contributed by atoms with E-state index < -0.39 is 0 Å². The van der Waals surface area contributed by atoms with Gasteiger partial charge in [0.05, 0.1) is 25.9 Å². The van der Waals surface area contributed by atoms with Gasteiger partial charge in [-0.2, -0.15) is 5.26 Å². The molecule has 0 aromatic heterocycles. The van der Waals surface area contributed by atoms with Crippen molar-refractivity contribution in [1.82, 2.24) is 0 Å². The van der Waals surface area contributed by atoms with Crippen molar-refractivity contribution in [1.29, 1.82) is 5.26 Å². The van der Waals surface area contributed by atoms with E-state index in [1.165, 1.54) is 7.11 Å². The highest BCUT2D eigenvalue weighted by Gasteiger charge is 2.09. The topological polar surface area (TPSA) is 80.6 Å². The highest BCUT2D eigenvalue weighted by atomic mass is 16.5. The van der Waals surface area contributed by atoms with Crippen molar-refractivity contribution in [2.24, 2.45) is 0 Å². The first kappa shape index (κ1) is 16.2. The molecule has 0 radical (unpaired) electrons. The van der Waals surface area contributed by atoms with E-state index >= 15 is 0 Å². The lowest BCUT2D eigenvalue weighted by Crippen LogP contribution is -2.20. The van der Waals surface area contributed by atoms with E-state index in [0.29, 0.717) is 28.5 Å². The summed E-state index contributed by atoms with van der Waals surface area (Å²) in [5.74, 6) is 1.21. The van der Waals surface area contributed by atoms with Crippen LogP contribution in [0.2, 0.25) is 0 Å². The predicted octanol–water partition coefficient (Wildman–Crippen LogP) is 2.59. The van der Waals surface area contributed by atoms with Crippen LogP contribution in [0.5, 0.6) is 17.2 Å². The van der Waals surface area contributed by atoms with Gasteiger partial charge in [0.25, 0.3) is 5.91 Å². The second-order valence-corrected chi connectivity index (χ2v) is 4.54. The number of carbonyl (C=O) groups excluding carboxylic acids is 1. The number of benzene rings is 2. The van der Waals surface area contributed by atoms with E-state index in [2.05, 4.69) is 5.32 Å². The Kier molecular flexibility index (Phi) is 5.42. The molecule has 0 saturated carbocycles. The van der Waals surface area contributed by atoms with Gasteiger partial charge in [0, 0.05) is 11.8 Å². The number of anilines is 1. The summed E-state index contributed by atoms with van der Waals surface area (Å²) in [6, 6.07) is 13.7. The molecule has 0 heterocycles. The largest absolute Gasteiger partial charge is 0.497 e. The molecule has 0 atom stereocenters. The molecule has 118 valence electrons. The third kappa shape index (κ3) is 4.38. The number of ether oxygens (including phenoxy) is 3. The van der Waals surface area contributed by atoms with Crippen LogP contribution in [-0.4, -0.2) is 26.7 Å². The second-order valence-electron chi connectivity index (χ2n) is 4.54. The summed E-state index contributed by atoms with van der Waals surface area (Å²) in [7, 11) is 3.05. The van der Waals surface area contributed by atoms with Crippen LogP contribution < -0.4 is 19.5 Å². The first-order valence-corrected chi connectivity index (χ1v) is 6.81. The third-order valence-electron chi connectivity index (χ3n) is 3.03. The van der Waals surface area contributed by atoms with E-state index in [0.717, 1.165) is 0 Å². The molecule has 2 rings (SSSR count). The quantitative estimate of drug-likeness (QED) is 0.886. The normalized spacial score (nSPS) is 9.61. The summed E-state index contributed by atoms with van der Waals surface area (Å²) in [6.07, 6.45) is 0. The van der Waals surface area contributed by atoms with Crippen LogP contribution in [0, 0.1) is 11.3 Å². The summed E-state index contributed by atoms with van der Waals surface area (Å²) < 4.78 is 15.6. The van der Waals surface area contributed by atoms with Crippen LogP contribution in [0.15, 0.2) is 42.5 Å². The number of hydrogen-bond acceptors (Lipinski definition) is 5. The Morgan fingerprint density at radius 1 is 1.09 bits per heavy atom. The van der Waals surface area contributed by atoms with Crippen LogP contribution in [0.4, 0.5) is 5.69 Å². The highest BCUT2D eigenvalue weighted by Crippen LogP contribution is 2.27. The van der Waals surface area contributed by atoms with Gasteiger partial charge in [-0.1, -0.05) is 0 Å². The molecular weight excluding hydrogens is 296 g/mol. The number of carbonyl (C=O) groups is 1. The third-order valence-corrected chi connectivity index (χ3v) is 3.03. The van der Waals surface area contributed by atoms with Crippen LogP contribution in [-0.2, 0) is 4.79 Å². The van der Waals surface area contributed by atoms with E-state index in [1.54, 1.807) is 49.6 Å². The van der Waals surface area contributed by atoms with Crippen molar-refractivity contribution in [2.75, 3.05) is 26.1 Å². The number of methoxy groups -OCH3 is 2. The van der Waals surface area contributed by atoms with Crippen molar-refractivity contribution in [3.05, 3.63) is 48.0 Å². The molecule has 23 heavy (non-hydrogen) atoms. The van der Waals surface area contributed by atoms with Gasteiger partial charge in [-0.3, -0.25) is 4.79 Å². The fourth-order valence-corrected chi connectivity index (χ4v) is 1.87. The Balaban J connectivity index is 1.95. The zero-order valence-corrected chi connectivity index (χ0v) is 12.8. The van der Waals surface area contributed by atoms with Gasteiger partial charge in [0.1, 0.15) is 5.75 Å². The lowest BCUT2D eigenvalue weighted by Gasteiger charge is -2.11. The fraction of sp³-hybridized carbons (Fsp3) is 0.176. The molecule has 6 nitrogen and oxygen atoms in total. The first-order valence-electron chi connectivity index (χ1n) is 6.81. The SMILES string of the molecule is COc1ccc(NC(=O)COc2ccc(C#N)cc2OC)cc1. The number of amides is 1. The molecule has 0 spiro atoms. The molecule has 1 N–H and O–H groups in total. The Morgan fingerprint density at radius 3 is 2.43 bits per heavy atom. The van der Waals surface area contributed by atoms with Gasteiger partial charge in [0.15, 0.2) is 18.1 Å². The van der Waals surface area contributed by atoms with E-state index in [-0.39, 0.29) is 12.5 Å². The highest BCUT2D eigenvalue weighted by molar-refractivity contribution is 5.91. The summed E-state index contributed by atoms with van der Waals surface area (Å²) in [6.45, 7) is -0.172. The van der Waals surface area contributed by atoms with Crippen molar-refractivity contribution >= 4 is 11.6 Å². The summed E-state index contributed by atoms with van der Waals surface area (Å²) in [4.78, 5) is 11.9. The van der Waals surface area contributed by atoms with Crippen molar-refractivity contribution in [3.63, 3.8) is 0 Å². The molecule has 0 aliphatic heterocycles. The number of nitrogens with one attached hydrogen (secondary N) is 1. The maximum absolute atomic E-state index is 11.9. The molecule has 0 unspecified atom stereocenters. The van der Waals surface area contributed by atoms with Crippen molar-refractivity contribution in [3.8, 4) is 23.3 Å².